The van der Waals surface area contributed by atoms with Gasteiger partial charge in [0.15, 0.2) is 6.23 Å². The van der Waals surface area contributed by atoms with Gasteiger partial charge in [-0.05, 0) is 54.7 Å². The summed E-state index contributed by atoms with van der Waals surface area (Å²) >= 11 is 0. The number of benzene rings is 4. The molecule has 14 nitrogen and oxygen atoms in total. The monoisotopic (exact) mass is 863 g/mol. The van der Waals surface area contributed by atoms with Crippen molar-refractivity contribution in [2.75, 3.05) is 24.7 Å². The smallest absolute Gasteiger partial charge is 0.408 e. The van der Waals surface area contributed by atoms with Crippen LogP contribution in [-0.2, 0) is 36.8 Å². The predicted octanol–water partition coefficient (Wildman–Crippen LogP) is 5.47. The lowest BCUT2D eigenvalue weighted by Crippen LogP contribution is -2.51. The van der Waals surface area contributed by atoms with Gasteiger partial charge in [-0.25, -0.2) is 4.79 Å². The molecule has 15 heteroatoms. The second-order valence-electron chi connectivity index (χ2n) is 16.3. The first kappa shape index (κ1) is 45.9. The summed E-state index contributed by atoms with van der Waals surface area (Å²) in [7, 11) is -2.47. The van der Waals surface area contributed by atoms with Crippen molar-refractivity contribution in [1.29, 1.82) is 0 Å². The number of likely N-dealkylation sites (tertiary alicyclic amines) is 1. The number of nitrogens with one attached hydrogen (secondary N) is 3. The third kappa shape index (κ3) is 13.4. The van der Waals surface area contributed by atoms with Crippen molar-refractivity contribution < 1.29 is 33.3 Å². The minimum atomic E-state index is -2.47. The summed E-state index contributed by atoms with van der Waals surface area (Å²) in [6, 6.07) is 31.1. The molecule has 4 aromatic rings. The van der Waals surface area contributed by atoms with E-state index in [4.69, 9.17) is 15.0 Å². The minimum absolute atomic E-state index is 0.0132. The van der Waals surface area contributed by atoms with Gasteiger partial charge in [-0.3, -0.25) is 24.2 Å². The van der Waals surface area contributed by atoms with Crippen LogP contribution < -0.4 is 31.5 Å². The maximum Gasteiger partial charge on any atom is 0.408 e. The molecule has 328 valence electrons. The number of fused-ring (bicyclic) bond motifs is 1. The van der Waals surface area contributed by atoms with Gasteiger partial charge in [0.2, 0.25) is 25.7 Å². The molecule has 4 amide bonds. The van der Waals surface area contributed by atoms with Crippen molar-refractivity contribution in [3.05, 3.63) is 126 Å². The van der Waals surface area contributed by atoms with Gasteiger partial charge in [-0.1, -0.05) is 111 Å². The summed E-state index contributed by atoms with van der Waals surface area (Å²) in [5, 5.41) is 10.6. The van der Waals surface area contributed by atoms with Gasteiger partial charge in [0.05, 0.1) is 18.2 Å². The summed E-state index contributed by atoms with van der Waals surface area (Å²) in [6.45, 7) is 8.17. The quantitative estimate of drug-likeness (QED) is 0.0740. The van der Waals surface area contributed by atoms with E-state index in [1.165, 1.54) is 16.3 Å². The van der Waals surface area contributed by atoms with Crippen LogP contribution in [0.4, 0.5) is 10.5 Å². The van der Waals surface area contributed by atoms with Gasteiger partial charge in [0.25, 0.3) is 0 Å². The van der Waals surface area contributed by atoms with E-state index in [0.29, 0.717) is 12.1 Å². The normalized spacial score (nSPS) is 16.4. The van der Waals surface area contributed by atoms with Crippen LogP contribution in [0.15, 0.2) is 115 Å². The van der Waals surface area contributed by atoms with Gasteiger partial charge in [-0.2, -0.15) is 4.52 Å². The lowest BCUT2D eigenvalue weighted by molar-refractivity contribution is -0.177. The third-order valence-electron chi connectivity index (χ3n) is 10.8. The summed E-state index contributed by atoms with van der Waals surface area (Å²) in [5.74, 6) is 0.144. The van der Waals surface area contributed by atoms with E-state index >= 15 is 0 Å². The number of nitrogens with two attached hydrogens (primary N) is 1. The maximum absolute atomic E-state index is 14.3. The topological polar surface area (TPSA) is 182 Å². The molecule has 2 aliphatic heterocycles. The number of anilines is 1. The number of carbonyl (C=O) groups excluding carboxylic acids is 4. The summed E-state index contributed by atoms with van der Waals surface area (Å²) < 4.78 is 11.4. The fourth-order valence-corrected chi connectivity index (χ4v) is 8.39. The zero-order valence-electron chi connectivity index (χ0n) is 35.7. The highest BCUT2D eigenvalue weighted by molar-refractivity contribution is 7.44. The molecule has 0 aromatic heterocycles. The molecular weight excluding hydrogens is 806 g/mol. The van der Waals surface area contributed by atoms with Crippen molar-refractivity contribution >= 4 is 54.1 Å². The molecule has 1 saturated heterocycles. The van der Waals surface area contributed by atoms with Gasteiger partial charge in [0, 0.05) is 49.4 Å². The van der Waals surface area contributed by atoms with E-state index in [-0.39, 0.29) is 49.9 Å². The largest absolute Gasteiger partial charge is 0.603 e. The molecule has 5 N–H and O–H groups in total. The molecule has 0 aliphatic carbocycles. The van der Waals surface area contributed by atoms with Gasteiger partial charge < -0.3 is 36.2 Å². The van der Waals surface area contributed by atoms with Crippen LogP contribution in [0.5, 0.6) is 0 Å². The average Bonchev–Trinajstić information content (AvgIpc) is 3.68. The standard InChI is InChI=1S/C47H58N7O7P/c1-33(2)27-44(61-62(59)26-23-43(55)49-38-21-24-52(25-22-38)29-35-13-6-4-7-14-35)51-45(56)41(50-47(58)60-31-36-15-8-5-9-16-36)28-39-30-53(46(57)34(3)48)32-54(39)42-20-12-18-37-17-10-11-19-40(37)42/h4-20,26,30,33-34,38,41,44H,21-25,27-29,31-32,48H2,1-3H3,(H,49,55)(H,50,58)(H,51,56)/t34-,41+,44?/m0/s1. The predicted molar refractivity (Wildman–Crippen MR) is 241 cm³/mol. The number of nitrogens with zero attached hydrogens (tertiary/aromatic N) is 3. The summed E-state index contributed by atoms with van der Waals surface area (Å²) in [5.41, 5.74) is 9.41. The van der Waals surface area contributed by atoms with E-state index < -0.39 is 38.3 Å². The number of alkyl carbamates (subject to hydrolysis) is 1. The second-order valence-corrected chi connectivity index (χ2v) is 17.4. The Bertz CT molecular complexity index is 2190. The first-order valence-electron chi connectivity index (χ1n) is 21.2. The first-order chi connectivity index (χ1) is 29.9. The first-order valence-corrected chi connectivity index (χ1v) is 22.5. The van der Waals surface area contributed by atoms with Crippen molar-refractivity contribution in [3.8, 4) is 0 Å². The zero-order valence-corrected chi connectivity index (χ0v) is 36.5. The van der Waals surface area contributed by atoms with E-state index in [1.54, 1.807) is 13.1 Å². The molecule has 4 atom stereocenters. The van der Waals surface area contributed by atoms with Crippen LogP contribution in [0, 0.1) is 5.92 Å². The SMILES string of the molecule is CC(C)CC(NC(=O)[C@@H](CC1=CN(C(=O)[C@H](C)N)CN1c1cccc2ccccc12)NC(=O)OCc1ccccc1)O[P+]([O-])=CCC(=O)NC1CCN(Cc2ccccc2)CC1. The highest BCUT2D eigenvalue weighted by Gasteiger charge is 2.34. The van der Waals surface area contributed by atoms with Gasteiger partial charge in [-0.15, -0.1) is 0 Å². The van der Waals surface area contributed by atoms with Crippen molar-refractivity contribution in [2.24, 2.45) is 11.7 Å². The Hall–Kier alpha value is -5.63. The number of piperidine rings is 1. The highest BCUT2D eigenvalue weighted by Crippen LogP contribution is 2.34. The Morgan fingerprint density at radius 2 is 1.53 bits per heavy atom. The molecule has 1 fully saturated rings. The van der Waals surface area contributed by atoms with Gasteiger partial charge >= 0.3 is 6.09 Å². The molecule has 0 spiro atoms. The number of carbonyl (C=O) groups is 4. The number of rotatable bonds is 18. The molecular formula is C47H58N7O7P. The Kier molecular flexibility index (Phi) is 16.6. The third-order valence-corrected chi connectivity index (χ3v) is 11.7. The minimum Gasteiger partial charge on any atom is -0.603 e. The fourth-order valence-electron chi connectivity index (χ4n) is 7.60. The summed E-state index contributed by atoms with van der Waals surface area (Å²) in [6.07, 6.45) is 1.54. The van der Waals surface area contributed by atoms with Crippen molar-refractivity contribution in [3.63, 3.8) is 0 Å². The fraction of sp³-hybridized carbons (Fsp3) is 0.383. The Labute approximate surface area is 365 Å². The highest BCUT2D eigenvalue weighted by atomic mass is 31.1. The Morgan fingerprint density at radius 3 is 2.23 bits per heavy atom. The van der Waals surface area contributed by atoms with Crippen molar-refractivity contribution in [2.45, 2.75) is 90.4 Å². The maximum atomic E-state index is 14.3. The molecule has 2 aliphatic rings. The van der Waals surface area contributed by atoms with E-state index in [0.717, 1.165) is 54.5 Å². The molecule has 6 rings (SSSR count). The molecule has 62 heavy (non-hydrogen) atoms. The number of ether oxygens (including phenoxy) is 1. The number of amides is 4. The molecule has 4 aromatic carbocycles. The van der Waals surface area contributed by atoms with Gasteiger partial charge in [0.1, 0.15) is 25.1 Å². The van der Waals surface area contributed by atoms with E-state index in [9.17, 15) is 24.1 Å². The van der Waals surface area contributed by atoms with Crippen LogP contribution in [0.25, 0.3) is 10.8 Å². The lowest BCUT2D eigenvalue weighted by atomic mass is 10.0. The van der Waals surface area contributed by atoms with Crippen LogP contribution >= 0.6 is 8.00 Å². The zero-order chi connectivity index (χ0) is 44.0. The molecule has 0 saturated carbocycles. The van der Waals surface area contributed by atoms with Crippen LogP contribution in [0.1, 0.15) is 64.0 Å². The Balaban J connectivity index is 1.14. The second kappa shape index (κ2) is 22.5. The lowest BCUT2D eigenvalue weighted by Gasteiger charge is -2.32. The molecule has 2 heterocycles. The average molecular weight is 864 g/mol. The number of hydrogen-bond acceptors (Lipinski definition) is 10. The van der Waals surface area contributed by atoms with Crippen LogP contribution in [0.2, 0.25) is 0 Å². The molecule has 0 radical (unpaired) electrons. The molecule has 0 bridgehead atoms. The molecule has 2 unspecified atom stereocenters. The van der Waals surface area contributed by atoms with Crippen molar-refractivity contribution in [1.82, 2.24) is 25.8 Å². The van der Waals surface area contributed by atoms with E-state index in [2.05, 4.69) is 33.0 Å². The van der Waals surface area contributed by atoms with E-state index in [1.807, 2.05) is 110 Å². The Morgan fingerprint density at radius 1 is 0.871 bits per heavy atom. The summed E-state index contributed by atoms with van der Waals surface area (Å²) in [4.78, 5) is 73.0. The van der Waals surface area contributed by atoms with Crippen LogP contribution in [-0.4, -0.2) is 83.5 Å². The van der Waals surface area contributed by atoms with Crippen LogP contribution in [0.3, 0.4) is 0 Å². The number of hydrogen-bond donors (Lipinski definition) is 4.